The lowest BCUT2D eigenvalue weighted by atomic mass is 10.0. The van der Waals surface area contributed by atoms with Gasteiger partial charge in [0.05, 0.1) is 17.9 Å². The molecule has 0 aliphatic carbocycles. The molecule has 0 radical (unpaired) electrons. The van der Waals surface area contributed by atoms with Crippen molar-refractivity contribution >= 4 is 17.8 Å². The molecule has 0 bridgehead atoms. The predicted octanol–water partition coefficient (Wildman–Crippen LogP) is 3.75. The van der Waals surface area contributed by atoms with E-state index in [1.165, 1.54) is 6.42 Å². The maximum absolute atomic E-state index is 12.8. The Balaban J connectivity index is 0.000000449. The number of nitrogens with one attached hydrogen (secondary N) is 1. The number of carboxylic acid groups (broad SMARTS) is 2. The highest BCUT2D eigenvalue weighted by Crippen LogP contribution is 2.22. The molecule has 1 aliphatic heterocycles. The Labute approximate surface area is 219 Å². The third-order valence-electron chi connectivity index (χ3n) is 5.19. The van der Waals surface area contributed by atoms with Gasteiger partial charge in [0.2, 0.25) is 0 Å². The molecule has 3 heterocycles. The van der Waals surface area contributed by atoms with Crippen molar-refractivity contribution in [2.45, 2.75) is 52.1 Å². The van der Waals surface area contributed by atoms with E-state index in [1.807, 2.05) is 18.2 Å². The normalized spacial score (nSPS) is 13.4. The number of fused-ring (bicyclic) bond motifs is 1. The van der Waals surface area contributed by atoms with Crippen LogP contribution in [-0.4, -0.2) is 85.5 Å². The van der Waals surface area contributed by atoms with Crippen molar-refractivity contribution < 1.29 is 50.9 Å². The van der Waals surface area contributed by atoms with Crippen LogP contribution >= 0.6 is 0 Å². The lowest BCUT2D eigenvalue weighted by molar-refractivity contribution is -0.193. The summed E-state index contributed by atoms with van der Waals surface area (Å²) in [4.78, 5) is 39.0. The SMILES string of the molecule is CC(C)CCN1CCc2c(C(=O)N(C)Cc3ccccn3)n[nH]c2C1.O=C(O)C(F)(F)F.O=C(O)C(F)(F)F. The Morgan fingerprint density at radius 1 is 1.08 bits per heavy atom. The zero-order valence-corrected chi connectivity index (χ0v) is 21.3. The van der Waals surface area contributed by atoms with E-state index in [2.05, 4.69) is 33.9 Å². The Morgan fingerprint density at radius 2 is 1.64 bits per heavy atom. The summed E-state index contributed by atoms with van der Waals surface area (Å²) in [5.74, 6) is -4.85. The first-order valence-corrected chi connectivity index (χ1v) is 11.5. The highest BCUT2D eigenvalue weighted by atomic mass is 19.4. The van der Waals surface area contributed by atoms with Crippen LogP contribution in [0.15, 0.2) is 24.4 Å². The lowest BCUT2D eigenvalue weighted by Crippen LogP contribution is -2.33. The molecule has 3 N–H and O–H groups in total. The van der Waals surface area contributed by atoms with Crippen molar-refractivity contribution in [2.24, 2.45) is 5.92 Å². The molecule has 0 saturated heterocycles. The molecule has 1 amide bonds. The maximum Gasteiger partial charge on any atom is 0.490 e. The number of aliphatic carboxylic acids is 2. The summed E-state index contributed by atoms with van der Waals surface area (Å²) in [6.45, 7) is 7.93. The van der Waals surface area contributed by atoms with Gasteiger partial charge in [-0.2, -0.15) is 31.4 Å². The first-order chi connectivity index (χ1) is 17.9. The fourth-order valence-electron chi connectivity index (χ4n) is 3.17. The van der Waals surface area contributed by atoms with E-state index in [1.54, 1.807) is 18.1 Å². The van der Waals surface area contributed by atoms with E-state index < -0.39 is 24.3 Å². The van der Waals surface area contributed by atoms with Crippen LogP contribution in [0.2, 0.25) is 0 Å². The summed E-state index contributed by atoms with van der Waals surface area (Å²) in [7, 11) is 1.80. The van der Waals surface area contributed by atoms with Gasteiger partial charge in [-0.25, -0.2) is 9.59 Å². The molecule has 3 rings (SSSR count). The number of aromatic amines is 1. The van der Waals surface area contributed by atoms with Crippen LogP contribution in [0, 0.1) is 5.92 Å². The van der Waals surface area contributed by atoms with Gasteiger partial charge < -0.3 is 15.1 Å². The number of hydrogen-bond acceptors (Lipinski definition) is 6. The number of amides is 1. The molecular formula is C23H29F6N5O5. The van der Waals surface area contributed by atoms with Crippen molar-refractivity contribution in [3.8, 4) is 0 Å². The molecule has 0 spiro atoms. The number of nitrogens with zero attached hydrogens (tertiary/aromatic N) is 4. The fourth-order valence-corrected chi connectivity index (χ4v) is 3.17. The minimum atomic E-state index is -5.08. The summed E-state index contributed by atoms with van der Waals surface area (Å²) >= 11 is 0. The molecule has 218 valence electrons. The largest absolute Gasteiger partial charge is 0.490 e. The quantitative estimate of drug-likeness (QED) is 0.447. The van der Waals surface area contributed by atoms with Crippen molar-refractivity contribution in [2.75, 3.05) is 20.1 Å². The molecule has 0 atom stereocenters. The zero-order chi connectivity index (χ0) is 30.0. The average Bonchev–Trinajstić information content (AvgIpc) is 3.25. The highest BCUT2D eigenvalue weighted by molar-refractivity contribution is 5.93. The number of hydrogen-bond donors (Lipinski definition) is 3. The van der Waals surface area contributed by atoms with E-state index in [0.717, 1.165) is 43.0 Å². The maximum atomic E-state index is 12.8. The van der Waals surface area contributed by atoms with E-state index in [4.69, 9.17) is 19.8 Å². The molecule has 1 aliphatic rings. The van der Waals surface area contributed by atoms with Gasteiger partial charge in [-0.1, -0.05) is 19.9 Å². The minimum Gasteiger partial charge on any atom is -0.475 e. The van der Waals surface area contributed by atoms with E-state index in [0.29, 0.717) is 18.2 Å². The van der Waals surface area contributed by atoms with Crippen molar-refractivity contribution in [1.82, 2.24) is 25.0 Å². The van der Waals surface area contributed by atoms with E-state index in [-0.39, 0.29) is 5.91 Å². The molecule has 2 aromatic rings. The molecular weight excluding hydrogens is 540 g/mol. The van der Waals surface area contributed by atoms with Gasteiger partial charge in [0.1, 0.15) is 0 Å². The zero-order valence-electron chi connectivity index (χ0n) is 21.3. The van der Waals surface area contributed by atoms with Crippen LogP contribution in [0.5, 0.6) is 0 Å². The van der Waals surface area contributed by atoms with Crippen LogP contribution in [0.4, 0.5) is 26.3 Å². The Bertz CT molecular complexity index is 1070. The first kappa shape index (κ1) is 33.3. The summed E-state index contributed by atoms with van der Waals surface area (Å²) in [5.41, 5.74) is 3.61. The minimum absolute atomic E-state index is 0.0428. The molecule has 0 aromatic carbocycles. The van der Waals surface area contributed by atoms with Crippen molar-refractivity contribution in [3.05, 3.63) is 47.0 Å². The second kappa shape index (κ2) is 14.5. The van der Waals surface area contributed by atoms with Gasteiger partial charge in [-0.05, 0) is 37.4 Å². The fraction of sp³-hybridized carbons (Fsp3) is 0.522. The Hall–Kier alpha value is -3.69. The first-order valence-electron chi connectivity index (χ1n) is 11.5. The van der Waals surface area contributed by atoms with Gasteiger partial charge in [0.15, 0.2) is 5.69 Å². The molecule has 0 fully saturated rings. The summed E-state index contributed by atoms with van der Waals surface area (Å²) in [6, 6.07) is 5.74. The molecule has 16 heteroatoms. The second-order valence-electron chi connectivity index (χ2n) is 8.83. The predicted molar refractivity (Wildman–Crippen MR) is 124 cm³/mol. The Morgan fingerprint density at radius 3 is 2.10 bits per heavy atom. The number of rotatable bonds is 6. The monoisotopic (exact) mass is 569 g/mol. The van der Waals surface area contributed by atoms with Crippen LogP contribution in [0.3, 0.4) is 0 Å². The van der Waals surface area contributed by atoms with Crippen LogP contribution in [0.25, 0.3) is 0 Å². The summed E-state index contributed by atoms with van der Waals surface area (Å²) in [5, 5.41) is 21.7. The highest BCUT2D eigenvalue weighted by Gasteiger charge is 2.38. The number of carbonyl (C=O) groups is 3. The molecule has 0 unspecified atom stereocenters. The summed E-state index contributed by atoms with van der Waals surface area (Å²) < 4.78 is 63.5. The van der Waals surface area contributed by atoms with Crippen LogP contribution in [-0.2, 0) is 29.1 Å². The average molecular weight is 570 g/mol. The number of alkyl halides is 6. The lowest BCUT2D eigenvalue weighted by Gasteiger charge is -2.27. The second-order valence-corrected chi connectivity index (χ2v) is 8.83. The molecule has 10 nitrogen and oxygen atoms in total. The number of carboxylic acids is 2. The number of aromatic nitrogens is 3. The molecule has 0 saturated carbocycles. The third kappa shape index (κ3) is 11.7. The third-order valence-corrected chi connectivity index (χ3v) is 5.19. The number of halogens is 6. The number of H-pyrrole nitrogens is 1. The standard InChI is InChI=1S/C19H27N5O.2C2HF3O2/c1-14(2)7-10-24-11-8-16-17(13-24)21-22-18(16)19(25)23(3)12-15-6-4-5-9-20-15;2*3-2(4,5)1(6)7/h4-6,9,14H,7-8,10-13H2,1-3H3,(H,21,22);2*(H,6,7). The smallest absolute Gasteiger partial charge is 0.475 e. The Kier molecular flexibility index (Phi) is 12.4. The van der Waals surface area contributed by atoms with E-state index in [9.17, 15) is 31.1 Å². The van der Waals surface area contributed by atoms with Crippen molar-refractivity contribution in [1.29, 1.82) is 0 Å². The number of pyridine rings is 1. The topological polar surface area (TPSA) is 140 Å². The van der Waals surface area contributed by atoms with Gasteiger partial charge >= 0.3 is 24.3 Å². The molecule has 2 aromatic heterocycles. The van der Waals surface area contributed by atoms with Gasteiger partial charge in [-0.15, -0.1) is 0 Å². The van der Waals surface area contributed by atoms with Crippen LogP contribution in [0.1, 0.15) is 47.7 Å². The van der Waals surface area contributed by atoms with E-state index >= 15 is 0 Å². The van der Waals surface area contributed by atoms with Gasteiger partial charge in [0, 0.05) is 31.9 Å². The van der Waals surface area contributed by atoms with Crippen LogP contribution < -0.4 is 0 Å². The summed E-state index contributed by atoms with van der Waals surface area (Å²) in [6.07, 6.45) is -6.35. The van der Waals surface area contributed by atoms with Gasteiger partial charge in [0.25, 0.3) is 5.91 Å². The number of carbonyl (C=O) groups excluding carboxylic acids is 1. The van der Waals surface area contributed by atoms with Crippen molar-refractivity contribution in [3.63, 3.8) is 0 Å². The molecule has 39 heavy (non-hydrogen) atoms. The van der Waals surface area contributed by atoms with Gasteiger partial charge in [-0.3, -0.25) is 19.8 Å².